The van der Waals surface area contributed by atoms with Gasteiger partial charge in [-0.1, -0.05) is 47.5 Å². The first-order valence-electron chi connectivity index (χ1n) is 20.4. The molecule has 5 aromatic carbocycles. The second-order valence-corrected chi connectivity index (χ2v) is 16.6. The zero-order valence-corrected chi connectivity index (χ0v) is 34.8. The first kappa shape index (κ1) is 40.5. The molecule has 1 saturated carbocycles. The smallest absolute Gasteiger partial charge is 0.260 e. The van der Waals surface area contributed by atoms with Gasteiger partial charge in [0, 0.05) is 36.3 Å². The van der Waals surface area contributed by atoms with Crippen LogP contribution in [0.2, 0.25) is 5.02 Å². The average Bonchev–Trinajstić information content (AvgIpc) is 3.65. The first-order valence-corrected chi connectivity index (χ1v) is 20.8. The Kier molecular flexibility index (Phi) is 10.4. The number of hydrazine groups is 1. The summed E-state index contributed by atoms with van der Waals surface area (Å²) in [5, 5.41) is 22.1. The van der Waals surface area contributed by atoms with E-state index in [9.17, 15) is 23.9 Å². The van der Waals surface area contributed by atoms with Crippen molar-refractivity contribution < 1.29 is 33.4 Å². The van der Waals surface area contributed by atoms with Crippen LogP contribution >= 0.6 is 11.6 Å². The van der Waals surface area contributed by atoms with E-state index in [0.717, 1.165) is 10.7 Å². The van der Waals surface area contributed by atoms with Crippen molar-refractivity contribution in [2.45, 2.75) is 31.1 Å². The summed E-state index contributed by atoms with van der Waals surface area (Å²) in [5.74, 6) is -6.90. The van der Waals surface area contributed by atoms with Gasteiger partial charge in [0.15, 0.2) is 11.5 Å². The molecule has 9 rings (SSSR count). The van der Waals surface area contributed by atoms with E-state index in [1.807, 2.05) is 49.3 Å². The number of nitrogens with zero attached hydrogens (tertiary/aromatic N) is 5. The third-order valence-corrected chi connectivity index (χ3v) is 12.9. The lowest BCUT2D eigenvalue weighted by molar-refractivity contribution is -0.138. The summed E-state index contributed by atoms with van der Waals surface area (Å²) in [4.78, 5) is 62.8. The Bertz CT molecular complexity index is 2650. The number of hydrogen-bond donors (Lipinski definition) is 2. The number of aromatic hydroxyl groups is 1. The summed E-state index contributed by atoms with van der Waals surface area (Å²) in [7, 11) is 3.91. The summed E-state index contributed by atoms with van der Waals surface area (Å²) >= 11 is 6.41. The van der Waals surface area contributed by atoms with E-state index in [-0.39, 0.29) is 36.9 Å². The largest absolute Gasteiger partial charge is 0.504 e. The zero-order valence-electron chi connectivity index (χ0n) is 34.0. The third-order valence-electron chi connectivity index (χ3n) is 12.7. The van der Waals surface area contributed by atoms with Gasteiger partial charge in [-0.05, 0) is 122 Å². The number of fused-ring (bicyclic) bond motifs is 4. The van der Waals surface area contributed by atoms with Gasteiger partial charge < -0.3 is 14.7 Å². The second kappa shape index (κ2) is 15.9. The maximum atomic E-state index is 15.4. The molecule has 4 amide bonds. The van der Waals surface area contributed by atoms with Gasteiger partial charge in [-0.25, -0.2) is 4.39 Å². The van der Waals surface area contributed by atoms with Gasteiger partial charge in [-0.15, -0.1) is 0 Å². The molecule has 314 valence electrons. The quantitative estimate of drug-likeness (QED) is 0.0804. The Morgan fingerprint density at radius 2 is 1.50 bits per heavy atom. The van der Waals surface area contributed by atoms with E-state index in [0.29, 0.717) is 44.5 Å². The lowest BCUT2D eigenvalue weighted by Gasteiger charge is -2.50. The van der Waals surface area contributed by atoms with E-state index in [1.54, 1.807) is 73.7 Å². The first-order chi connectivity index (χ1) is 29.9. The molecule has 0 spiro atoms. The van der Waals surface area contributed by atoms with Crippen LogP contribution in [-0.4, -0.2) is 54.4 Å². The number of nitrogens with one attached hydrogen (secondary N) is 1. The van der Waals surface area contributed by atoms with E-state index in [2.05, 4.69) is 15.7 Å². The lowest BCUT2D eigenvalue weighted by Crippen LogP contribution is -2.53. The minimum atomic E-state index is -1.67. The number of ether oxygens (including phenoxy) is 1. The zero-order chi connectivity index (χ0) is 43.4. The fraction of sp³-hybridized carbons (Fsp3) is 0.250. The number of halogens is 2. The molecule has 5 aromatic rings. The number of imide groups is 2. The number of phenolic OH excluding ortho intramolecular Hbond substituents is 1. The molecule has 3 fully saturated rings. The Morgan fingerprint density at radius 3 is 2.15 bits per heavy atom. The third kappa shape index (κ3) is 6.58. The molecule has 0 bridgehead atoms. The summed E-state index contributed by atoms with van der Waals surface area (Å²) in [6.07, 6.45) is 2.13. The van der Waals surface area contributed by atoms with Crippen molar-refractivity contribution in [2.75, 3.05) is 35.9 Å². The van der Waals surface area contributed by atoms with Crippen molar-refractivity contribution in [1.82, 2.24) is 5.01 Å². The van der Waals surface area contributed by atoms with E-state index >= 15 is 4.79 Å². The number of benzene rings is 5. The lowest BCUT2D eigenvalue weighted by atomic mass is 9.49. The van der Waals surface area contributed by atoms with E-state index < -0.39 is 58.5 Å². The van der Waals surface area contributed by atoms with Gasteiger partial charge in [0.1, 0.15) is 5.82 Å². The predicted octanol–water partition coefficient (Wildman–Crippen LogP) is 9.25. The minimum absolute atomic E-state index is 0.0336. The van der Waals surface area contributed by atoms with Gasteiger partial charge in [0.2, 0.25) is 11.8 Å². The summed E-state index contributed by atoms with van der Waals surface area (Å²) in [6, 6.07) is 31.3. The molecule has 2 heterocycles. The molecule has 2 aliphatic carbocycles. The maximum absolute atomic E-state index is 15.4. The predicted molar refractivity (Wildman–Crippen MR) is 232 cm³/mol. The molecule has 2 N–H and O–H groups in total. The summed E-state index contributed by atoms with van der Waals surface area (Å²) in [6.45, 7) is 2.03. The van der Waals surface area contributed by atoms with Gasteiger partial charge in [0.05, 0.1) is 52.5 Å². The van der Waals surface area contributed by atoms with E-state index in [4.69, 9.17) is 16.3 Å². The van der Waals surface area contributed by atoms with Gasteiger partial charge in [0.25, 0.3) is 11.8 Å². The molecule has 4 aliphatic rings. The molecule has 2 aliphatic heterocycles. The highest BCUT2D eigenvalue weighted by Crippen LogP contribution is 2.65. The van der Waals surface area contributed by atoms with Crippen LogP contribution in [0.5, 0.6) is 11.5 Å². The van der Waals surface area contributed by atoms with Crippen LogP contribution in [-0.2, 0) is 24.6 Å². The van der Waals surface area contributed by atoms with Gasteiger partial charge >= 0.3 is 0 Å². The van der Waals surface area contributed by atoms with Crippen molar-refractivity contribution in [3.8, 4) is 11.5 Å². The van der Waals surface area contributed by atoms with Crippen LogP contribution in [0.4, 0.5) is 32.8 Å². The number of hydrogen-bond acceptors (Lipinski definition) is 10. The minimum Gasteiger partial charge on any atom is -0.504 e. The number of azo groups is 1. The second-order valence-electron chi connectivity index (χ2n) is 16.1. The molecular weight excluding hydrogens is 811 g/mol. The standard InChI is InChI=1S/C48H42ClFN6O6/c1-4-62-40-7-5-6-37(43(40)57)42-35-24-25-36-41(46(60)55(44(36)58)34-22-18-31(19-23-34)52-51-30-16-20-33(21-17-30)54(2)3)38(35)26-39-45(59)56(53-32-14-12-29(50)13-15-32)47(61)48(39,42)27-8-10-28(49)11-9-27/h5-24,36,38-39,41-42,53,57H,4,25-26H2,1-3H3. The van der Waals surface area contributed by atoms with Gasteiger partial charge in [-0.2, -0.15) is 15.2 Å². The molecule has 12 nitrogen and oxygen atoms in total. The maximum Gasteiger partial charge on any atom is 0.260 e. The fourth-order valence-electron chi connectivity index (χ4n) is 9.90. The monoisotopic (exact) mass is 852 g/mol. The van der Waals surface area contributed by atoms with Crippen LogP contribution in [0.25, 0.3) is 0 Å². The van der Waals surface area contributed by atoms with Crippen molar-refractivity contribution >= 4 is 63.7 Å². The summed E-state index contributed by atoms with van der Waals surface area (Å²) in [5.41, 5.74) is 5.60. The summed E-state index contributed by atoms with van der Waals surface area (Å²) < 4.78 is 19.8. The number of carbonyl (C=O) groups is 4. The molecule has 6 atom stereocenters. The average molecular weight is 853 g/mol. The van der Waals surface area contributed by atoms with Crippen LogP contribution < -0.4 is 20.0 Å². The number of amides is 4. The van der Waals surface area contributed by atoms with Crippen LogP contribution in [0.15, 0.2) is 137 Å². The molecule has 6 unspecified atom stereocenters. The number of allylic oxidation sites excluding steroid dienone is 2. The topological polar surface area (TPSA) is 144 Å². The molecule has 0 aromatic heterocycles. The SMILES string of the molecule is CCOc1cccc(C2C3=CCC4C(=O)N(c5ccc(N=Nc6ccc(N(C)C)cc6)cc5)C(=O)C4C3CC3C(=O)N(Nc4ccc(F)cc4)C(=O)C32c2ccc(Cl)cc2)c1O. The normalized spacial score (nSPS) is 24.2. The molecule has 2 saturated heterocycles. The Morgan fingerprint density at radius 1 is 0.839 bits per heavy atom. The molecule has 14 heteroatoms. The number of para-hydroxylation sites is 1. The number of carbonyl (C=O) groups excluding carboxylic acids is 4. The Balaban J connectivity index is 1.12. The highest BCUT2D eigenvalue weighted by molar-refractivity contribution is 6.30. The molecule has 0 radical (unpaired) electrons. The Labute approximate surface area is 362 Å². The highest BCUT2D eigenvalue weighted by Gasteiger charge is 2.70. The molecular formula is C48H42ClFN6O6. The van der Waals surface area contributed by atoms with Crippen LogP contribution in [0.1, 0.15) is 36.8 Å². The van der Waals surface area contributed by atoms with Crippen molar-refractivity contribution in [3.63, 3.8) is 0 Å². The van der Waals surface area contributed by atoms with E-state index in [1.165, 1.54) is 29.2 Å². The van der Waals surface area contributed by atoms with Gasteiger partial charge in [-0.3, -0.25) is 29.5 Å². The Hall–Kier alpha value is -6.86. The number of phenols is 1. The fourth-order valence-corrected chi connectivity index (χ4v) is 10.0. The number of rotatable bonds is 10. The van der Waals surface area contributed by atoms with Crippen LogP contribution in [0, 0.1) is 29.5 Å². The molecule has 62 heavy (non-hydrogen) atoms. The number of anilines is 3. The van der Waals surface area contributed by atoms with Crippen LogP contribution in [0.3, 0.4) is 0 Å². The van der Waals surface area contributed by atoms with Crippen molar-refractivity contribution in [2.24, 2.45) is 33.9 Å². The van der Waals surface area contributed by atoms with Crippen molar-refractivity contribution in [3.05, 3.63) is 149 Å². The highest BCUT2D eigenvalue weighted by atomic mass is 35.5. The van der Waals surface area contributed by atoms with Crippen molar-refractivity contribution in [1.29, 1.82) is 0 Å².